The van der Waals surface area contributed by atoms with Crippen LogP contribution < -0.4 is 11.1 Å². The number of aliphatic carboxylic acids is 2. The summed E-state index contributed by atoms with van der Waals surface area (Å²) in [5.74, 6) is -2.83. The Morgan fingerprint density at radius 1 is 1.30 bits per heavy atom. The number of carbonyl (C=O) groups is 3. The van der Waals surface area contributed by atoms with E-state index in [0.717, 1.165) is 0 Å². The van der Waals surface area contributed by atoms with E-state index in [9.17, 15) is 24.5 Å². The second kappa shape index (κ2) is 11.0. The van der Waals surface area contributed by atoms with Gasteiger partial charge in [-0.15, -0.1) is 10.1 Å². The third-order valence-electron chi connectivity index (χ3n) is 1.85. The van der Waals surface area contributed by atoms with Crippen LogP contribution in [0.15, 0.2) is 12.2 Å². The normalized spacial score (nSPS) is 11.8. The van der Waals surface area contributed by atoms with Gasteiger partial charge in [0, 0.05) is 24.2 Å². The Hall–Kier alpha value is -2.69. The summed E-state index contributed by atoms with van der Waals surface area (Å²) in [5.41, 5.74) is 5.14. The van der Waals surface area contributed by atoms with Gasteiger partial charge >= 0.3 is 11.9 Å². The molecule has 0 radical (unpaired) electrons. The standard InChI is InChI=1S/C8H17N3O4.C4H4O4/c1-6(15-11(13)14)4-7(12)10-5-8(2,3)9;5-3(6)1-2-4(7)8/h6H,4-5,9H2,1-3H3,(H,10,12);1-2H,(H,5,6)(H,7,8). The minimum absolute atomic E-state index is 0.0585. The van der Waals surface area contributed by atoms with Crippen LogP contribution in [0.1, 0.15) is 27.2 Å². The number of rotatable bonds is 8. The van der Waals surface area contributed by atoms with Crippen molar-refractivity contribution in [3.63, 3.8) is 0 Å². The largest absolute Gasteiger partial charge is 0.478 e. The van der Waals surface area contributed by atoms with E-state index < -0.39 is 28.7 Å². The number of nitrogens with zero attached hydrogens (tertiary/aromatic N) is 1. The molecule has 0 saturated heterocycles. The first-order valence-electron chi connectivity index (χ1n) is 6.34. The van der Waals surface area contributed by atoms with Gasteiger partial charge in [0.2, 0.25) is 5.91 Å². The Kier molecular flexibility index (Phi) is 10.8. The third kappa shape index (κ3) is 21.8. The quantitative estimate of drug-likeness (QED) is 0.259. The summed E-state index contributed by atoms with van der Waals surface area (Å²) in [6.07, 6.45) is 0.308. The summed E-state index contributed by atoms with van der Waals surface area (Å²) < 4.78 is 0. The molecule has 0 aliphatic rings. The summed E-state index contributed by atoms with van der Waals surface area (Å²) in [5, 5.41) is 27.2. The zero-order valence-corrected chi connectivity index (χ0v) is 13.0. The third-order valence-corrected chi connectivity index (χ3v) is 1.85. The molecule has 0 aliphatic carbocycles. The van der Waals surface area contributed by atoms with Crippen LogP contribution >= 0.6 is 0 Å². The zero-order chi connectivity index (χ0) is 18.6. The lowest BCUT2D eigenvalue weighted by molar-refractivity contribution is -0.767. The van der Waals surface area contributed by atoms with E-state index in [2.05, 4.69) is 10.2 Å². The van der Waals surface area contributed by atoms with Crippen LogP contribution in [0.3, 0.4) is 0 Å². The van der Waals surface area contributed by atoms with Crippen molar-refractivity contribution in [3.8, 4) is 0 Å². The average Bonchev–Trinajstić information content (AvgIpc) is 2.32. The van der Waals surface area contributed by atoms with Crippen molar-refractivity contribution in [2.75, 3.05) is 6.54 Å². The summed E-state index contributed by atoms with van der Waals surface area (Å²) in [7, 11) is 0. The topological polar surface area (TPSA) is 182 Å². The lowest BCUT2D eigenvalue weighted by atomic mass is 10.1. The highest BCUT2D eigenvalue weighted by Crippen LogP contribution is 1.98. The molecule has 132 valence electrons. The molecule has 0 aromatic heterocycles. The van der Waals surface area contributed by atoms with E-state index in [1.54, 1.807) is 13.8 Å². The maximum absolute atomic E-state index is 11.2. The van der Waals surface area contributed by atoms with E-state index in [0.29, 0.717) is 18.7 Å². The van der Waals surface area contributed by atoms with Crippen molar-refractivity contribution in [1.82, 2.24) is 5.32 Å². The molecule has 0 aromatic rings. The number of amides is 1. The molecule has 23 heavy (non-hydrogen) atoms. The molecule has 0 saturated carbocycles. The van der Waals surface area contributed by atoms with Crippen LogP contribution in [-0.2, 0) is 19.2 Å². The maximum atomic E-state index is 11.2. The molecule has 11 heteroatoms. The Bertz CT molecular complexity index is 440. The molecule has 1 amide bonds. The molecule has 0 rings (SSSR count). The predicted molar refractivity (Wildman–Crippen MR) is 77.8 cm³/mol. The highest BCUT2D eigenvalue weighted by molar-refractivity contribution is 5.89. The predicted octanol–water partition coefficient (Wildman–Crippen LogP) is -0.461. The Morgan fingerprint density at radius 3 is 2.04 bits per heavy atom. The van der Waals surface area contributed by atoms with Crippen molar-refractivity contribution in [1.29, 1.82) is 0 Å². The molecule has 0 aliphatic heterocycles. The number of hydrogen-bond donors (Lipinski definition) is 4. The molecule has 0 fully saturated rings. The Balaban J connectivity index is 0. The van der Waals surface area contributed by atoms with Gasteiger partial charge in [0.1, 0.15) is 6.10 Å². The van der Waals surface area contributed by atoms with E-state index in [1.807, 2.05) is 0 Å². The lowest BCUT2D eigenvalue weighted by Crippen LogP contribution is -2.45. The van der Waals surface area contributed by atoms with Gasteiger partial charge in [-0.3, -0.25) is 4.79 Å². The fourth-order valence-corrected chi connectivity index (χ4v) is 0.986. The average molecular weight is 335 g/mol. The Labute approximate surface area is 132 Å². The number of carbonyl (C=O) groups excluding carboxylic acids is 1. The molecule has 0 heterocycles. The lowest BCUT2D eigenvalue weighted by Gasteiger charge is -2.19. The van der Waals surface area contributed by atoms with Crippen molar-refractivity contribution in [2.24, 2.45) is 5.73 Å². The summed E-state index contributed by atoms with van der Waals surface area (Å²) >= 11 is 0. The monoisotopic (exact) mass is 335 g/mol. The molecule has 0 aromatic carbocycles. The van der Waals surface area contributed by atoms with Crippen LogP contribution in [0.5, 0.6) is 0 Å². The molecule has 0 bridgehead atoms. The van der Waals surface area contributed by atoms with Crippen molar-refractivity contribution >= 4 is 17.8 Å². The molecule has 11 nitrogen and oxygen atoms in total. The number of carboxylic acids is 2. The highest BCUT2D eigenvalue weighted by Gasteiger charge is 2.15. The van der Waals surface area contributed by atoms with Crippen LogP contribution in [0.25, 0.3) is 0 Å². The number of nitrogens with one attached hydrogen (secondary N) is 1. The summed E-state index contributed by atoms with van der Waals surface area (Å²) in [6.45, 7) is 5.31. The first kappa shape index (κ1) is 22.6. The SMILES string of the molecule is CC(CC(=O)NCC(C)(C)N)O[N+](=O)[O-].O=C(O)C=CC(=O)O. The first-order chi connectivity index (χ1) is 10.3. The van der Waals surface area contributed by atoms with Crippen LogP contribution in [0.4, 0.5) is 0 Å². The second-order valence-corrected chi connectivity index (χ2v) is 5.12. The van der Waals surface area contributed by atoms with Gasteiger partial charge < -0.3 is 26.1 Å². The van der Waals surface area contributed by atoms with Crippen LogP contribution in [0.2, 0.25) is 0 Å². The van der Waals surface area contributed by atoms with Gasteiger partial charge in [0.15, 0.2) is 0 Å². The molecule has 0 spiro atoms. The van der Waals surface area contributed by atoms with E-state index in [1.165, 1.54) is 6.92 Å². The van der Waals surface area contributed by atoms with Crippen molar-refractivity contribution in [3.05, 3.63) is 22.3 Å². The molecule has 1 atom stereocenters. The molecule has 1 unspecified atom stereocenters. The van der Waals surface area contributed by atoms with Gasteiger partial charge in [0.25, 0.3) is 5.09 Å². The first-order valence-corrected chi connectivity index (χ1v) is 6.34. The summed E-state index contributed by atoms with van der Waals surface area (Å²) in [4.78, 5) is 44.4. The van der Waals surface area contributed by atoms with Crippen molar-refractivity contribution in [2.45, 2.75) is 38.8 Å². The minimum atomic E-state index is -1.26. The smallest absolute Gasteiger partial charge is 0.328 e. The van der Waals surface area contributed by atoms with E-state index >= 15 is 0 Å². The van der Waals surface area contributed by atoms with Gasteiger partial charge in [-0.25, -0.2) is 9.59 Å². The molecular formula is C12H21N3O8. The second-order valence-electron chi connectivity index (χ2n) is 5.12. The molecular weight excluding hydrogens is 314 g/mol. The fourth-order valence-electron chi connectivity index (χ4n) is 0.986. The number of hydrogen-bond acceptors (Lipinski definition) is 7. The van der Waals surface area contributed by atoms with Gasteiger partial charge in [-0.1, -0.05) is 0 Å². The number of nitrogens with two attached hydrogens (primary N) is 1. The number of carboxylic acid groups (broad SMARTS) is 2. The van der Waals surface area contributed by atoms with E-state index in [-0.39, 0.29) is 12.3 Å². The molecule has 5 N–H and O–H groups in total. The van der Waals surface area contributed by atoms with Gasteiger partial charge in [-0.2, -0.15) is 0 Å². The Morgan fingerprint density at radius 2 is 1.74 bits per heavy atom. The van der Waals surface area contributed by atoms with E-state index in [4.69, 9.17) is 15.9 Å². The van der Waals surface area contributed by atoms with Crippen LogP contribution in [0, 0.1) is 10.1 Å². The zero-order valence-electron chi connectivity index (χ0n) is 13.0. The minimum Gasteiger partial charge on any atom is -0.478 e. The maximum Gasteiger partial charge on any atom is 0.328 e. The fraction of sp³-hybridized carbons (Fsp3) is 0.583. The van der Waals surface area contributed by atoms with Crippen LogP contribution in [-0.4, -0.2) is 51.3 Å². The summed E-state index contributed by atoms with van der Waals surface area (Å²) in [6, 6.07) is 0. The van der Waals surface area contributed by atoms with Crippen molar-refractivity contribution < 1.29 is 34.5 Å². The van der Waals surface area contributed by atoms with Gasteiger partial charge in [-0.05, 0) is 20.8 Å². The highest BCUT2D eigenvalue weighted by atomic mass is 17.0. The van der Waals surface area contributed by atoms with Gasteiger partial charge in [0.05, 0.1) is 6.42 Å².